The van der Waals surface area contributed by atoms with Gasteiger partial charge in [0.15, 0.2) is 0 Å². The van der Waals surface area contributed by atoms with Gasteiger partial charge in [-0.1, -0.05) is 182 Å². The summed E-state index contributed by atoms with van der Waals surface area (Å²) >= 11 is -0.826. The summed E-state index contributed by atoms with van der Waals surface area (Å²) in [5, 5.41) is 33.9. The van der Waals surface area contributed by atoms with Gasteiger partial charge in [-0.15, -0.1) is 0 Å². The molecule has 0 spiro atoms. The van der Waals surface area contributed by atoms with Crippen LogP contribution in [0.25, 0.3) is 87.6 Å². The Bertz CT molecular complexity index is 3230. The molecule has 0 aliphatic heterocycles. The number of hydrogen-bond acceptors (Lipinski definition) is 4. The molecule has 10 aromatic rings. The standard InChI is InChI=1S/C64H58O4.2ClH.Zr/c1-40(38-67-57-30-18-16-28-51(57)53-34-45(63(2,3)4)36-55(61(53)65)59-47-24-12-8-20-41(47)32-42-21-9-13-25-48(42)59)39-68-58-31-19-17-29-52(58)54-35-46(64(5,6)7)37-56(62(54)66)60-49-26-14-10-22-43(49)33-44-23-11-15-27-50(44)60;;;/h8-37,40,65-66H,38-39H2,1-7H3;2*1H;/q;;;+2/p-2. The van der Waals surface area contributed by atoms with Crippen LogP contribution in [0.15, 0.2) is 182 Å². The van der Waals surface area contributed by atoms with Crippen LogP contribution in [0.4, 0.5) is 0 Å². The number of benzene rings is 10. The number of hydrogen-bond donors (Lipinski definition) is 2. The molecule has 0 heterocycles. The van der Waals surface area contributed by atoms with Crippen molar-refractivity contribution in [2.75, 3.05) is 13.2 Å². The van der Waals surface area contributed by atoms with Crippen molar-refractivity contribution in [3.8, 4) is 67.5 Å². The second kappa shape index (κ2) is 20.9. The maximum absolute atomic E-state index is 12.5. The van der Waals surface area contributed by atoms with Crippen molar-refractivity contribution in [3.05, 3.63) is 193 Å². The Morgan fingerprint density at radius 1 is 0.408 bits per heavy atom. The van der Waals surface area contributed by atoms with Gasteiger partial charge in [-0.25, -0.2) is 0 Å². The summed E-state index contributed by atoms with van der Waals surface area (Å²) in [5.74, 6) is 1.80. The third kappa shape index (κ3) is 10.3. The molecule has 10 rings (SSSR count). The van der Waals surface area contributed by atoms with E-state index in [0.717, 1.165) is 98.7 Å². The molecule has 356 valence electrons. The summed E-state index contributed by atoms with van der Waals surface area (Å²) in [6.45, 7) is 16.2. The van der Waals surface area contributed by atoms with Crippen molar-refractivity contribution < 1.29 is 40.5 Å². The first-order valence-corrected chi connectivity index (χ1v) is 30.5. The van der Waals surface area contributed by atoms with Gasteiger partial charge >= 0.3 is 37.9 Å². The zero-order valence-electron chi connectivity index (χ0n) is 41.3. The fraction of sp³-hybridized carbons (Fsp3) is 0.188. The van der Waals surface area contributed by atoms with Crippen LogP contribution in [0.2, 0.25) is 0 Å². The predicted octanol–water partition coefficient (Wildman–Crippen LogP) is 18.4. The second-order valence-corrected chi connectivity index (χ2v) is 24.3. The van der Waals surface area contributed by atoms with Gasteiger partial charge in [-0.2, -0.15) is 0 Å². The zero-order chi connectivity index (χ0) is 50.0. The van der Waals surface area contributed by atoms with Gasteiger partial charge in [0.25, 0.3) is 0 Å². The van der Waals surface area contributed by atoms with Gasteiger partial charge in [0.1, 0.15) is 23.0 Å². The quantitative estimate of drug-likeness (QED) is 0.134. The van der Waals surface area contributed by atoms with Gasteiger partial charge in [0, 0.05) is 50.4 Å². The van der Waals surface area contributed by atoms with E-state index >= 15 is 0 Å². The van der Waals surface area contributed by atoms with E-state index in [0.29, 0.717) is 24.7 Å². The van der Waals surface area contributed by atoms with E-state index in [2.05, 4.69) is 182 Å². The Balaban J connectivity index is 0.00000203. The minimum atomic E-state index is -0.826. The van der Waals surface area contributed by atoms with Crippen molar-refractivity contribution in [1.82, 2.24) is 0 Å². The molecule has 0 aromatic heterocycles. The Kier molecular flexibility index (Phi) is 14.7. The molecule has 0 fully saturated rings. The average Bonchev–Trinajstić information content (AvgIpc) is 3.36. The number of para-hydroxylation sites is 2. The van der Waals surface area contributed by atoms with E-state index in [-0.39, 0.29) is 28.2 Å². The summed E-state index contributed by atoms with van der Waals surface area (Å²) in [5.41, 5.74) is 8.56. The number of rotatable bonds is 10. The molecule has 0 aliphatic carbocycles. The maximum atomic E-state index is 12.5. The summed E-state index contributed by atoms with van der Waals surface area (Å²) in [4.78, 5) is 0. The van der Waals surface area contributed by atoms with Crippen LogP contribution in [-0.2, 0) is 31.7 Å². The topological polar surface area (TPSA) is 58.9 Å². The van der Waals surface area contributed by atoms with Crippen LogP contribution in [0, 0.1) is 5.92 Å². The summed E-state index contributed by atoms with van der Waals surface area (Å²) in [6, 6.07) is 62.7. The van der Waals surface area contributed by atoms with Crippen LogP contribution in [0.3, 0.4) is 0 Å². The van der Waals surface area contributed by atoms with Crippen LogP contribution >= 0.6 is 17.0 Å². The normalized spacial score (nSPS) is 11.8. The van der Waals surface area contributed by atoms with Crippen molar-refractivity contribution in [2.24, 2.45) is 5.92 Å². The Morgan fingerprint density at radius 3 is 1.01 bits per heavy atom. The fourth-order valence-corrected chi connectivity index (χ4v) is 9.68. The Morgan fingerprint density at radius 2 is 0.690 bits per heavy atom. The van der Waals surface area contributed by atoms with Crippen LogP contribution in [0.5, 0.6) is 23.0 Å². The molecular weight excluding hydrogens is 995 g/mol. The third-order valence-electron chi connectivity index (χ3n) is 13.4. The molecule has 2 N–H and O–H groups in total. The second-order valence-electron chi connectivity index (χ2n) is 20.5. The summed E-state index contributed by atoms with van der Waals surface area (Å²) in [7, 11) is 9.87. The van der Waals surface area contributed by atoms with Gasteiger partial charge in [0.2, 0.25) is 0 Å². The van der Waals surface area contributed by atoms with Crippen molar-refractivity contribution in [2.45, 2.75) is 59.3 Å². The molecule has 0 bridgehead atoms. The Hall–Kier alpha value is -6.10. The van der Waals surface area contributed by atoms with Crippen molar-refractivity contribution in [1.29, 1.82) is 0 Å². The number of ether oxygens (including phenoxy) is 2. The molecule has 0 aliphatic rings. The molecule has 0 radical (unpaired) electrons. The molecule has 4 nitrogen and oxygen atoms in total. The van der Waals surface area contributed by atoms with E-state index in [1.54, 1.807) is 0 Å². The average molecular weight is 1050 g/mol. The van der Waals surface area contributed by atoms with Gasteiger partial charge in [-0.3, -0.25) is 0 Å². The zero-order valence-corrected chi connectivity index (χ0v) is 45.2. The number of aromatic hydroxyl groups is 2. The van der Waals surface area contributed by atoms with Gasteiger partial charge < -0.3 is 19.7 Å². The number of fused-ring (bicyclic) bond motifs is 4. The van der Waals surface area contributed by atoms with E-state index in [1.807, 2.05) is 48.5 Å². The monoisotopic (exact) mass is 1050 g/mol. The van der Waals surface area contributed by atoms with Gasteiger partial charge in [-0.05, 0) is 114 Å². The molecule has 0 amide bonds. The molecule has 10 aromatic carbocycles. The first kappa shape index (κ1) is 49.9. The van der Waals surface area contributed by atoms with E-state index in [9.17, 15) is 10.2 Å². The SMILES string of the molecule is CC(COc1ccccc1-c1cc(C(C)(C)C)cc(-c2c3ccccc3cc3ccccc23)c1O)COc1ccccc1-c1cc(C(C)(C)C)cc(-c2c3ccccc3cc3ccccc23)c1O.[Cl][Zr][Cl]. The number of phenolic OH excluding ortho intramolecular Hbond substituents is 2. The fourth-order valence-electron chi connectivity index (χ4n) is 9.68. The Labute approximate surface area is 436 Å². The predicted molar refractivity (Wildman–Crippen MR) is 297 cm³/mol. The first-order chi connectivity index (χ1) is 34.2. The van der Waals surface area contributed by atoms with E-state index in [1.165, 1.54) is 0 Å². The van der Waals surface area contributed by atoms with Crippen molar-refractivity contribution in [3.63, 3.8) is 0 Å². The van der Waals surface area contributed by atoms with Crippen LogP contribution in [-0.4, -0.2) is 23.4 Å². The summed E-state index contributed by atoms with van der Waals surface area (Å²) in [6.07, 6.45) is 0. The molecule has 0 atom stereocenters. The molecular formula is C64H58Cl2O4Zr. The molecule has 0 unspecified atom stereocenters. The summed E-state index contributed by atoms with van der Waals surface area (Å²) < 4.78 is 13.4. The van der Waals surface area contributed by atoms with Crippen LogP contribution < -0.4 is 9.47 Å². The van der Waals surface area contributed by atoms with E-state index < -0.39 is 20.8 Å². The minimum absolute atomic E-state index is 0.0182. The van der Waals surface area contributed by atoms with E-state index in [4.69, 9.17) is 26.5 Å². The molecule has 0 saturated heterocycles. The number of halogens is 2. The number of phenols is 2. The molecule has 7 heteroatoms. The first-order valence-electron chi connectivity index (χ1n) is 24.1. The third-order valence-corrected chi connectivity index (χ3v) is 13.4. The van der Waals surface area contributed by atoms with Gasteiger partial charge in [0.05, 0.1) is 13.2 Å². The molecule has 71 heavy (non-hydrogen) atoms. The molecule has 0 saturated carbocycles. The van der Waals surface area contributed by atoms with Crippen LogP contribution in [0.1, 0.15) is 59.6 Å². The van der Waals surface area contributed by atoms with Crippen molar-refractivity contribution >= 4 is 60.1 Å².